The van der Waals surface area contributed by atoms with Crippen molar-refractivity contribution in [3.8, 4) is 0 Å². The van der Waals surface area contributed by atoms with Crippen molar-refractivity contribution in [2.45, 2.75) is 0 Å². The summed E-state index contributed by atoms with van der Waals surface area (Å²) in [6, 6.07) is 4.23. The molecule has 0 spiro atoms. The Hall–Kier alpha value is -2.02. The summed E-state index contributed by atoms with van der Waals surface area (Å²) < 4.78 is 0. The smallest absolute Gasteiger partial charge is 0.104 e. The van der Waals surface area contributed by atoms with Gasteiger partial charge in [0.2, 0.25) is 0 Å². The minimum Gasteiger partial charge on any atom is -0.300 e. The molecule has 1 aromatic carbocycles. The lowest BCUT2D eigenvalue weighted by molar-refractivity contribution is 1.37. The van der Waals surface area contributed by atoms with Gasteiger partial charge in [-0.3, -0.25) is 0 Å². The first-order valence-corrected chi connectivity index (χ1v) is 4.98. The van der Waals surface area contributed by atoms with Gasteiger partial charge in [-0.15, -0.1) is 0 Å². The molecule has 15 heavy (non-hydrogen) atoms. The maximum absolute atomic E-state index is 7.84. The number of nitrogens with one attached hydrogen (secondary N) is 1. The number of allylic oxidation sites excluding steroid dienone is 4. The summed E-state index contributed by atoms with van der Waals surface area (Å²) in [5.41, 5.74) is 2.85. The third-order valence-corrected chi connectivity index (χ3v) is 2.75. The van der Waals surface area contributed by atoms with Gasteiger partial charge < -0.3 is 5.41 Å². The van der Waals surface area contributed by atoms with E-state index in [0.717, 1.165) is 10.8 Å². The number of hydrogen-bond acceptors (Lipinski definition) is 1. The highest BCUT2D eigenvalue weighted by Crippen LogP contribution is 2.05. The fourth-order valence-electron chi connectivity index (χ4n) is 1.97. The van der Waals surface area contributed by atoms with Gasteiger partial charge in [-0.2, -0.15) is 0 Å². The van der Waals surface area contributed by atoms with Crippen molar-refractivity contribution < 1.29 is 0 Å². The molecular weight excluding hydrogens is 182 g/mol. The predicted octanol–water partition coefficient (Wildman–Crippen LogP) is 1.31. The van der Waals surface area contributed by atoms with Crippen molar-refractivity contribution in [2.75, 3.05) is 0 Å². The van der Waals surface area contributed by atoms with Crippen LogP contribution in [0.15, 0.2) is 36.4 Å². The minimum absolute atomic E-state index is 0.596. The highest BCUT2D eigenvalue weighted by Gasteiger charge is 2.12. The molecule has 0 aromatic heterocycles. The molecule has 70 valence electrons. The third kappa shape index (κ3) is 1.24. The molecule has 2 aliphatic rings. The van der Waals surface area contributed by atoms with Crippen molar-refractivity contribution in [3.63, 3.8) is 0 Å². The van der Waals surface area contributed by atoms with Crippen molar-refractivity contribution in [1.29, 1.82) is 5.41 Å². The van der Waals surface area contributed by atoms with Crippen LogP contribution in [-0.4, -0.2) is 5.71 Å². The van der Waals surface area contributed by atoms with Crippen LogP contribution in [0.3, 0.4) is 0 Å². The van der Waals surface area contributed by atoms with Gasteiger partial charge in [0.15, 0.2) is 0 Å². The van der Waals surface area contributed by atoms with Crippen LogP contribution in [0.4, 0.5) is 0 Å². The molecule has 0 saturated heterocycles. The first kappa shape index (κ1) is 8.30. The summed E-state index contributed by atoms with van der Waals surface area (Å²) in [6.07, 6.45) is 14.1. The Balaban J connectivity index is 2.39. The van der Waals surface area contributed by atoms with Crippen LogP contribution in [0.25, 0.3) is 12.2 Å². The van der Waals surface area contributed by atoms with Crippen LogP contribution in [0.5, 0.6) is 0 Å². The number of hydrogen-bond donors (Lipinski definition) is 1. The van der Waals surface area contributed by atoms with Gasteiger partial charge in [0.25, 0.3) is 0 Å². The van der Waals surface area contributed by atoms with Crippen molar-refractivity contribution >= 4 is 17.9 Å². The van der Waals surface area contributed by atoms with Gasteiger partial charge in [-0.1, -0.05) is 6.08 Å². The average molecular weight is 192 g/mol. The van der Waals surface area contributed by atoms with Crippen LogP contribution in [0.1, 0.15) is 11.1 Å². The second-order valence-corrected chi connectivity index (χ2v) is 3.73. The molecule has 0 atom stereocenters. The standard InChI is InChI=1S/C14H10N/c15-14-7-3-6-12-8-10-4-1-2-5-11(10)9-13(12)14/h1-9,15H/q+1. The fraction of sp³-hybridized carbons (Fsp3) is 0. The molecule has 0 aliphatic heterocycles. The number of fused-ring (bicyclic) bond motifs is 2. The SMILES string of the molecule is N=C1C=CC=c2cc3c(cc21)=CC=C[CH+]3. The van der Waals surface area contributed by atoms with Crippen LogP contribution in [-0.2, 0) is 0 Å². The quantitative estimate of drug-likeness (QED) is 0.599. The minimum atomic E-state index is 0.596. The molecule has 0 saturated carbocycles. The molecule has 1 N–H and O–H groups in total. The maximum atomic E-state index is 7.84. The predicted molar refractivity (Wildman–Crippen MR) is 63.1 cm³/mol. The van der Waals surface area contributed by atoms with Gasteiger partial charge in [-0.05, 0) is 12.2 Å². The fourth-order valence-corrected chi connectivity index (χ4v) is 1.97. The lowest BCUT2D eigenvalue weighted by Crippen LogP contribution is -2.24. The zero-order valence-electron chi connectivity index (χ0n) is 8.20. The number of rotatable bonds is 0. The van der Waals surface area contributed by atoms with E-state index in [0.29, 0.717) is 5.71 Å². The topological polar surface area (TPSA) is 23.9 Å². The van der Waals surface area contributed by atoms with E-state index in [1.807, 2.05) is 24.3 Å². The summed E-state index contributed by atoms with van der Waals surface area (Å²) in [7, 11) is 0. The van der Waals surface area contributed by atoms with Crippen molar-refractivity contribution in [2.24, 2.45) is 0 Å². The first-order chi connectivity index (χ1) is 7.34. The molecule has 0 bridgehead atoms. The van der Waals surface area contributed by atoms with Crippen molar-refractivity contribution in [1.82, 2.24) is 0 Å². The van der Waals surface area contributed by atoms with Crippen LogP contribution < -0.4 is 10.4 Å². The molecule has 0 fully saturated rings. The highest BCUT2D eigenvalue weighted by atomic mass is 14.4. The Morgan fingerprint density at radius 2 is 1.87 bits per heavy atom. The third-order valence-electron chi connectivity index (χ3n) is 2.75. The van der Waals surface area contributed by atoms with E-state index >= 15 is 0 Å². The molecule has 0 unspecified atom stereocenters. The molecule has 3 rings (SSSR count). The first-order valence-electron chi connectivity index (χ1n) is 4.98. The maximum Gasteiger partial charge on any atom is 0.104 e. The molecule has 0 radical (unpaired) electrons. The summed E-state index contributed by atoms with van der Waals surface area (Å²) in [5.74, 6) is 0. The summed E-state index contributed by atoms with van der Waals surface area (Å²) in [5, 5.41) is 10.2. The van der Waals surface area contributed by atoms with E-state index in [9.17, 15) is 0 Å². The van der Waals surface area contributed by atoms with Gasteiger partial charge in [0.1, 0.15) is 5.56 Å². The lowest BCUT2D eigenvalue weighted by atomic mass is 9.95. The molecular formula is C14H10N+. The Bertz CT molecular complexity index is 615. The number of benzene rings is 1. The van der Waals surface area contributed by atoms with Gasteiger partial charge in [0, 0.05) is 47.6 Å². The molecule has 2 aliphatic carbocycles. The van der Waals surface area contributed by atoms with E-state index in [4.69, 9.17) is 5.41 Å². The lowest BCUT2D eigenvalue weighted by Gasteiger charge is -2.05. The van der Waals surface area contributed by atoms with Crippen LogP contribution in [0, 0.1) is 11.8 Å². The molecule has 0 heterocycles. The molecule has 0 amide bonds. The Labute approximate surface area is 88.3 Å². The van der Waals surface area contributed by atoms with E-state index in [-0.39, 0.29) is 0 Å². The summed E-state index contributed by atoms with van der Waals surface area (Å²) >= 11 is 0. The largest absolute Gasteiger partial charge is 0.300 e. The Morgan fingerprint density at radius 1 is 1.00 bits per heavy atom. The van der Waals surface area contributed by atoms with Gasteiger partial charge >= 0.3 is 0 Å². The van der Waals surface area contributed by atoms with E-state index in [1.165, 1.54) is 10.8 Å². The Kier molecular flexibility index (Phi) is 1.65. The van der Waals surface area contributed by atoms with Crippen LogP contribution >= 0.6 is 0 Å². The van der Waals surface area contributed by atoms with E-state index in [1.54, 1.807) is 0 Å². The zero-order valence-corrected chi connectivity index (χ0v) is 8.20. The normalized spacial score (nSPS) is 15.9. The molecule has 1 nitrogen and oxygen atoms in total. The molecule has 1 heteroatoms. The second kappa shape index (κ2) is 2.99. The zero-order chi connectivity index (χ0) is 10.3. The highest BCUT2D eigenvalue weighted by molar-refractivity contribution is 6.08. The van der Waals surface area contributed by atoms with E-state index in [2.05, 4.69) is 30.7 Å². The van der Waals surface area contributed by atoms with Gasteiger partial charge in [-0.25, -0.2) is 0 Å². The second-order valence-electron chi connectivity index (χ2n) is 3.73. The van der Waals surface area contributed by atoms with Crippen molar-refractivity contribution in [3.05, 3.63) is 64.4 Å². The van der Waals surface area contributed by atoms with Gasteiger partial charge in [0.05, 0.1) is 10.9 Å². The summed E-state index contributed by atoms with van der Waals surface area (Å²) in [6.45, 7) is 0. The van der Waals surface area contributed by atoms with E-state index < -0.39 is 0 Å². The Morgan fingerprint density at radius 3 is 2.80 bits per heavy atom. The van der Waals surface area contributed by atoms with Crippen LogP contribution in [0.2, 0.25) is 0 Å². The molecule has 1 aromatic rings. The monoisotopic (exact) mass is 192 g/mol. The summed E-state index contributed by atoms with van der Waals surface area (Å²) in [4.78, 5) is 0. The average Bonchev–Trinajstić information content (AvgIpc) is 2.27.